The average molecular weight is 294 g/mol. The lowest BCUT2D eigenvalue weighted by molar-refractivity contribution is 0.436. The van der Waals surface area contributed by atoms with Gasteiger partial charge in [-0.05, 0) is 47.8 Å². The van der Waals surface area contributed by atoms with Gasteiger partial charge in [-0.3, -0.25) is 4.68 Å². The molecular formula is C13H16BrN3. The van der Waals surface area contributed by atoms with Gasteiger partial charge in [0.15, 0.2) is 0 Å². The van der Waals surface area contributed by atoms with Crippen LogP contribution in [0.15, 0.2) is 22.8 Å². The van der Waals surface area contributed by atoms with Crippen molar-refractivity contribution in [2.75, 3.05) is 6.54 Å². The van der Waals surface area contributed by atoms with Crippen molar-refractivity contribution in [3.63, 3.8) is 0 Å². The maximum atomic E-state index is 4.46. The summed E-state index contributed by atoms with van der Waals surface area (Å²) in [6, 6.07) is 6.46. The second-order valence-corrected chi connectivity index (χ2v) is 5.73. The van der Waals surface area contributed by atoms with E-state index in [1.54, 1.807) is 0 Å². The summed E-state index contributed by atoms with van der Waals surface area (Å²) in [5, 5.41) is 9.27. The highest BCUT2D eigenvalue weighted by Crippen LogP contribution is 2.36. The molecular weight excluding hydrogens is 278 g/mol. The fourth-order valence-corrected chi connectivity index (χ4v) is 3.42. The van der Waals surface area contributed by atoms with Crippen LogP contribution in [0.3, 0.4) is 0 Å². The average Bonchev–Trinajstić information content (AvgIpc) is 2.86. The minimum atomic E-state index is 0.0900. The van der Waals surface area contributed by atoms with Gasteiger partial charge in [-0.25, -0.2) is 0 Å². The number of nitrogens with one attached hydrogen (secondary N) is 1. The molecule has 1 N–H and O–H groups in total. The molecule has 3 rings (SSSR count). The Bertz CT molecular complexity index is 567. The summed E-state index contributed by atoms with van der Waals surface area (Å²) in [6.45, 7) is 3.39. The molecule has 90 valence electrons. The van der Waals surface area contributed by atoms with E-state index in [4.69, 9.17) is 0 Å². The number of benzene rings is 1. The van der Waals surface area contributed by atoms with E-state index in [0.717, 1.165) is 11.1 Å². The van der Waals surface area contributed by atoms with Crippen molar-refractivity contribution in [3.05, 3.63) is 28.4 Å². The summed E-state index contributed by atoms with van der Waals surface area (Å²) in [6.07, 6.45) is 2.43. The van der Waals surface area contributed by atoms with Crippen molar-refractivity contribution in [2.24, 2.45) is 7.05 Å². The molecule has 0 bridgehead atoms. The second-order valence-electron chi connectivity index (χ2n) is 4.98. The first-order valence-corrected chi connectivity index (χ1v) is 6.78. The van der Waals surface area contributed by atoms with Crippen molar-refractivity contribution < 1.29 is 0 Å². The van der Waals surface area contributed by atoms with Crippen molar-refractivity contribution in [1.29, 1.82) is 0 Å². The maximum Gasteiger partial charge on any atom is 0.135 e. The quantitative estimate of drug-likeness (QED) is 0.876. The van der Waals surface area contributed by atoms with Gasteiger partial charge >= 0.3 is 0 Å². The van der Waals surface area contributed by atoms with Crippen LogP contribution in [0.25, 0.3) is 10.9 Å². The third-order valence-electron chi connectivity index (χ3n) is 3.78. The van der Waals surface area contributed by atoms with Gasteiger partial charge in [0.2, 0.25) is 0 Å². The third kappa shape index (κ3) is 1.62. The normalized spacial score (nSPS) is 24.6. The Morgan fingerprint density at radius 2 is 2.29 bits per heavy atom. The first kappa shape index (κ1) is 11.2. The highest BCUT2D eigenvalue weighted by atomic mass is 79.9. The van der Waals surface area contributed by atoms with E-state index in [2.05, 4.69) is 51.5 Å². The number of halogens is 1. The SMILES string of the molecule is Cn1nc(Br)c2cccc(C3(C)CCCN3)c21. The molecule has 0 aliphatic carbocycles. The van der Waals surface area contributed by atoms with Crippen LogP contribution in [0, 0.1) is 0 Å². The van der Waals surface area contributed by atoms with Gasteiger partial charge in [0.1, 0.15) is 4.60 Å². The van der Waals surface area contributed by atoms with Gasteiger partial charge in [0.25, 0.3) is 0 Å². The molecule has 1 saturated heterocycles. The Kier molecular flexibility index (Phi) is 2.52. The standard InChI is InChI=1S/C13H16BrN3/c1-13(7-4-8-15-13)10-6-3-5-9-11(10)17(2)16-12(9)14/h3,5-6,15H,4,7-8H2,1-2H3. The number of aromatic nitrogens is 2. The fraction of sp³-hybridized carbons (Fsp3) is 0.462. The summed E-state index contributed by atoms with van der Waals surface area (Å²) in [7, 11) is 2.01. The molecule has 1 unspecified atom stereocenters. The van der Waals surface area contributed by atoms with Crippen LogP contribution in [-0.2, 0) is 12.6 Å². The topological polar surface area (TPSA) is 29.9 Å². The van der Waals surface area contributed by atoms with Crippen LogP contribution in [0.2, 0.25) is 0 Å². The number of rotatable bonds is 1. The van der Waals surface area contributed by atoms with Crippen LogP contribution >= 0.6 is 15.9 Å². The van der Waals surface area contributed by atoms with E-state index in [9.17, 15) is 0 Å². The molecule has 0 amide bonds. The summed E-state index contributed by atoms with van der Waals surface area (Å²) in [5.41, 5.74) is 2.68. The number of hydrogen-bond acceptors (Lipinski definition) is 2. The molecule has 1 aliphatic heterocycles. The molecule has 1 atom stereocenters. The number of hydrogen-bond donors (Lipinski definition) is 1. The molecule has 0 spiro atoms. The monoisotopic (exact) mass is 293 g/mol. The van der Waals surface area contributed by atoms with E-state index >= 15 is 0 Å². The number of fused-ring (bicyclic) bond motifs is 1. The molecule has 1 fully saturated rings. The van der Waals surface area contributed by atoms with Crippen molar-refractivity contribution in [2.45, 2.75) is 25.3 Å². The Labute approximate surface area is 109 Å². The lowest BCUT2D eigenvalue weighted by atomic mass is 9.89. The highest BCUT2D eigenvalue weighted by Gasteiger charge is 2.32. The molecule has 0 saturated carbocycles. The van der Waals surface area contributed by atoms with Crippen LogP contribution in [0.4, 0.5) is 0 Å². The van der Waals surface area contributed by atoms with Crippen LogP contribution < -0.4 is 5.32 Å². The number of para-hydroxylation sites is 1. The van der Waals surface area contributed by atoms with Crippen LogP contribution in [0.5, 0.6) is 0 Å². The van der Waals surface area contributed by atoms with Gasteiger partial charge in [0.05, 0.1) is 5.52 Å². The summed E-state index contributed by atoms with van der Waals surface area (Å²) in [4.78, 5) is 0. The Morgan fingerprint density at radius 3 is 3.00 bits per heavy atom. The van der Waals surface area contributed by atoms with Gasteiger partial charge in [-0.1, -0.05) is 18.2 Å². The first-order valence-electron chi connectivity index (χ1n) is 5.98. The fourth-order valence-electron chi connectivity index (χ4n) is 2.86. The minimum absolute atomic E-state index is 0.0900. The molecule has 1 aromatic heterocycles. The Balaban J connectivity index is 2.29. The molecule has 0 radical (unpaired) electrons. The molecule has 1 aromatic carbocycles. The van der Waals surface area contributed by atoms with Gasteiger partial charge in [-0.2, -0.15) is 5.10 Å². The van der Waals surface area contributed by atoms with Crippen LogP contribution in [0.1, 0.15) is 25.3 Å². The molecule has 3 nitrogen and oxygen atoms in total. The predicted molar refractivity (Wildman–Crippen MR) is 73.0 cm³/mol. The largest absolute Gasteiger partial charge is 0.308 e. The molecule has 2 aromatic rings. The summed E-state index contributed by atoms with van der Waals surface area (Å²) < 4.78 is 2.90. The molecule has 1 aliphatic rings. The number of aryl methyl sites for hydroxylation is 1. The van der Waals surface area contributed by atoms with Gasteiger partial charge < -0.3 is 5.32 Å². The van der Waals surface area contributed by atoms with Crippen LogP contribution in [-0.4, -0.2) is 16.3 Å². The minimum Gasteiger partial charge on any atom is -0.308 e. The lowest BCUT2D eigenvalue weighted by Crippen LogP contribution is -2.33. The van der Waals surface area contributed by atoms with Gasteiger partial charge in [0, 0.05) is 18.0 Å². The third-order valence-corrected chi connectivity index (χ3v) is 4.37. The zero-order valence-electron chi connectivity index (χ0n) is 10.1. The zero-order chi connectivity index (χ0) is 12.0. The van der Waals surface area contributed by atoms with E-state index in [1.807, 2.05) is 11.7 Å². The number of nitrogens with zero attached hydrogens (tertiary/aromatic N) is 2. The zero-order valence-corrected chi connectivity index (χ0v) is 11.7. The van der Waals surface area contributed by atoms with Crippen molar-refractivity contribution in [1.82, 2.24) is 15.1 Å². The Hall–Kier alpha value is -0.870. The molecule has 2 heterocycles. The Morgan fingerprint density at radius 1 is 1.47 bits per heavy atom. The highest BCUT2D eigenvalue weighted by molar-refractivity contribution is 9.10. The van der Waals surface area contributed by atoms with Gasteiger partial charge in [-0.15, -0.1) is 0 Å². The maximum absolute atomic E-state index is 4.46. The van der Waals surface area contributed by atoms with E-state index in [0.29, 0.717) is 0 Å². The van der Waals surface area contributed by atoms with E-state index in [-0.39, 0.29) is 5.54 Å². The summed E-state index contributed by atoms with van der Waals surface area (Å²) in [5.74, 6) is 0. The lowest BCUT2D eigenvalue weighted by Gasteiger charge is -2.26. The van der Waals surface area contributed by atoms with Crippen molar-refractivity contribution >= 4 is 26.8 Å². The summed E-state index contributed by atoms with van der Waals surface area (Å²) >= 11 is 3.53. The smallest absolute Gasteiger partial charge is 0.135 e. The van der Waals surface area contributed by atoms with E-state index in [1.165, 1.54) is 29.3 Å². The second kappa shape index (κ2) is 3.82. The van der Waals surface area contributed by atoms with E-state index < -0.39 is 0 Å². The molecule has 17 heavy (non-hydrogen) atoms. The first-order chi connectivity index (χ1) is 8.12. The van der Waals surface area contributed by atoms with Crippen molar-refractivity contribution in [3.8, 4) is 0 Å². The molecule has 4 heteroatoms. The predicted octanol–water partition coefficient (Wildman–Crippen LogP) is 2.93.